The van der Waals surface area contributed by atoms with Crippen LogP contribution in [0.1, 0.15) is 16.1 Å². The van der Waals surface area contributed by atoms with Gasteiger partial charge < -0.3 is 20.1 Å². The molecule has 0 bridgehead atoms. The van der Waals surface area contributed by atoms with Gasteiger partial charge in [0, 0.05) is 17.8 Å². The Bertz CT molecular complexity index is 1020. The summed E-state index contributed by atoms with van der Waals surface area (Å²) in [6.45, 7) is 0. The number of nitrogens with two attached hydrogens (primary N) is 1. The van der Waals surface area contributed by atoms with E-state index in [1.165, 1.54) is 30.1 Å². The summed E-state index contributed by atoms with van der Waals surface area (Å²) in [5.41, 5.74) is 6.25. The third-order valence-corrected chi connectivity index (χ3v) is 3.91. The van der Waals surface area contributed by atoms with Crippen molar-refractivity contribution >= 4 is 34.2 Å². The van der Waals surface area contributed by atoms with E-state index in [1.807, 2.05) is 6.07 Å². The summed E-state index contributed by atoms with van der Waals surface area (Å²) in [6, 6.07) is 6.76. The van der Waals surface area contributed by atoms with E-state index in [9.17, 15) is 9.90 Å². The van der Waals surface area contributed by atoms with E-state index in [0.717, 1.165) is 0 Å². The van der Waals surface area contributed by atoms with Gasteiger partial charge in [0.25, 0.3) is 0 Å². The molecule has 120 valence electrons. The van der Waals surface area contributed by atoms with Crippen LogP contribution in [0.4, 0.5) is 5.69 Å². The molecule has 2 heterocycles. The first-order chi connectivity index (χ1) is 11.5. The second-order valence-electron chi connectivity index (χ2n) is 4.90. The topological polar surface area (TPSA) is 114 Å². The first-order valence-corrected chi connectivity index (χ1v) is 7.13. The maximum atomic E-state index is 12.1. The Balaban J connectivity index is 2.39. The fourth-order valence-electron chi connectivity index (χ4n) is 2.46. The molecule has 0 aliphatic carbocycles. The van der Waals surface area contributed by atoms with E-state index in [-0.39, 0.29) is 33.9 Å². The van der Waals surface area contributed by atoms with Gasteiger partial charge in [-0.1, -0.05) is 11.6 Å². The Morgan fingerprint density at radius 2 is 2.29 bits per heavy atom. The average molecular weight is 343 g/mol. The van der Waals surface area contributed by atoms with Crippen molar-refractivity contribution in [1.82, 2.24) is 9.55 Å². The summed E-state index contributed by atoms with van der Waals surface area (Å²) < 4.78 is 5.99. The number of carbonyl (C=O) groups excluding carboxylic acids is 1. The molecule has 0 saturated heterocycles. The molecule has 0 saturated carbocycles. The van der Waals surface area contributed by atoms with Crippen LogP contribution in [-0.4, -0.2) is 27.7 Å². The van der Waals surface area contributed by atoms with Crippen LogP contribution in [0.25, 0.3) is 16.6 Å². The number of methoxy groups -OCH3 is 1. The normalized spacial score (nSPS) is 10.5. The number of aromatic hydroxyl groups is 1. The maximum absolute atomic E-state index is 12.1. The fourth-order valence-corrected chi connectivity index (χ4v) is 2.72. The first-order valence-electron chi connectivity index (χ1n) is 6.75. The van der Waals surface area contributed by atoms with E-state index >= 15 is 0 Å². The molecule has 3 rings (SSSR count). The number of nitrogens with zero attached hydrogens (tertiary/aromatic N) is 3. The number of anilines is 1. The molecule has 0 spiro atoms. The van der Waals surface area contributed by atoms with Gasteiger partial charge in [-0.15, -0.1) is 0 Å². The molecule has 0 unspecified atom stereocenters. The van der Waals surface area contributed by atoms with Crippen LogP contribution in [0, 0.1) is 11.3 Å². The van der Waals surface area contributed by atoms with Crippen LogP contribution in [0.5, 0.6) is 5.75 Å². The highest BCUT2D eigenvalue weighted by Crippen LogP contribution is 2.37. The van der Waals surface area contributed by atoms with Gasteiger partial charge in [0.05, 0.1) is 29.1 Å². The predicted octanol–water partition coefficient (Wildman–Crippen LogP) is 2.62. The molecule has 3 aromatic rings. The van der Waals surface area contributed by atoms with E-state index in [4.69, 9.17) is 27.3 Å². The SMILES string of the molecule is COC(=O)c1c(N)c(C#N)cn1-c1cc(Cl)c2cccnc2c1O. The Morgan fingerprint density at radius 1 is 1.54 bits per heavy atom. The number of nitriles is 1. The van der Waals surface area contributed by atoms with Crippen LogP contribution in [0.15, 0.2) is 30.6 Å². The summed E-state index contributed by atoms with van der Waals surface area (Å²) in [4.78, 5) is 16.2. The van der Waals surface area contributed by atoms with Gasteiger partial charge in [0.15, 0.2) is 11.4 Å². The number of ether oxygens (including phenoxy) is 1. The molecule has 8 heteroatoms. The molecule has 7 nitrogen and oxygen atoms in total. The van der Waals surface area contributed by atoms with E-state index in [2.05, 4.69) is 4.98 Å². The molecule has 0 fully saturated rings. The highest BCUT2D eigenvalue weighted by molar-refractivity contribution is 6.36. The molecule has 2 aromatic heterocycles. The number of hydrogen-bond donors (Lipinski definition) is 2. The number of hydrogen-bond acceptors (Lipinski definition) is 6. The van der Waals surface area contributed by atoms with Gasteiger partial charge >= 0.3 is 5.97 Å². The second kappa shape index (κ2) is 5.76. The molecule has 0 atom stereocenters. The summed E-state index contributed by atoms with van der Waals surface area (Å²) in [5, 5.41) is 20.6. The number of pyridine rings is 1. The lowest BCUT2D eigenvalue weighted by atomic mass is 10.1. The zero-order valence-corrected chi connectivity index (χ0v) is 13.2. The van der Waals surface area contributed by atoms with Gasteiger partial charge in [0.1, 0.15) is 11.6 Å². The minimum absolute atomic E-state index is 0.0407. The molecule has 0 aliphatic heterocycles. The molecule has 0 aliphatic rings. The molecule has 24 heavy (non-hydrogen) atoms. The van der Waals surface area contributed by atoms with Crippen molar-refractivity contribution in [2.24, 2.45) is 0 Å². The van der Waals surface area contributed by atoms with Crippen LogP contribution < -0.4 is 5.73 Å². The standard InChI is InChI=1S/C16H11ClN4O3/c1-24-16(23)14-12(19)8(6-18)7-21(14)11-5-10(17)9-3-2-4-20-13(9)15(11)22/h2-5,7,22H,19H2,1H3. The smallest absolute Gasteiger partial charge is 0.357 e. The Kier molecular flexibility index (Phi) is 3.75. The Hall–Kier alpha value is -3.24. The van der Waals surface area contributed by atoms with Crippen molar-refractivity contribution < 1.29 is 14.6 Å². The van der Waals surface area contributed by atoms with E-state index in [0.29, 0.717) is 10.4 Å². The van der Waals surface area contributed by atoms with Gasteiger partial charge in [-0.25, -0.2) is 4.79 Å². The van der Waals surface area contributed by atoms with Gasteiger partial charge in [-0.05, 0) is 18.2 Å². The van der Waals surface area contributed by atoms with Crippen molar-refractivity contribution in [2.75, 3.05) is 12.8 Å². The number of fused-ring (bicyclic) bond motifs is 1. The summed E-state index contributed by atoms with van der Waals surface area (Å²) in [6.07, 6.45) is 2.84. The van der Waals surface area contributed by atoms with Crippen molar-refractivity contribution in [1.29, 1.82) is 5.26 Å². The van der Waals surface area contributed by atoms with Crippen molar-refractivity contribution in [2.45, 2.75) is 0 Å². The second-order valence-corrected chi connectivity index (χ2v) is 5.31. The zero-order chi connectivity index (χ0) is 17.4. The lowest BCUT2D eigenvalue weighted by Gasteiger charge is -2.12. The molecule has 0 radical (unpaired) electrons. The first kappa shape index (κ1) is 15.6. The number of phenols is 1. The van der Waals surface area contributed by atoms with E-state index < -0.39 is 5.97 Å². The summed E-state index contributed by atoms with van der Waals surface area (Å²) in [5.74, 6) is -0.940. The number of phenolic OH excluding ortho intramolecular Hbond substituents is 1. The molecular formula is C16H11ClN4O3. The van der Waals surface area contributed by atoms with Crippen LogP contribution in [0.2, 0.25) is 5.02 Å². The zero-order valence-electron chi connectivity index (χ0n) is 12.4. The number of rotatable bonds is 2. The predicted molar refractivity (Wildman–Crippen MR) is 88.2 cm³/mol. The third kappa shape index (κ3) is 2.21. The van der Waals surface area contributed by atoms with Gasteiger partial charge in [-0.2, -0.15) is 5.26 Å². The number of nitrogen functional groups attached to an aromatic ring is 1. The quantitative estimate of drug-likeness (QED) is 0.692. The lowest BCUT2D eigenvalue weighted by Crippen LogP contribution is -2.11. The van der Waals surface area contributed by atoms with Gasteiger partial charge in [-0.3, -0.25) is 4.98 Å². The third-order valence-electron chi connectivity index (χ3n) is 3.60. The van der Waals surface area contributed by atoms with E-state index in [1.54, 1.807) is 12.1 Å². The molecule has 0 amide bonds. The molecule has 1 aromatic carbocycles. The van der Waals surface area contributed by atoms with Crippen molar-refractivity contribution in [3.63, 3.8) is 0 Å². The van der Waals surface area contributed by atoms with Gasteiger partial charge in [0.2, 0.25) is 0 Å². The summed E-state index contributed by atoms with van der Waals surface area (Å²) >= 11 is 6.25. The summed E-state index contributed by atoms with van der Waals surface area (Å²) in [7, 11) is 1.19. The number of carbonyl (C=O) groups is 1. The highest BCUT2D eigenvalue weighted by atomic mass is 35.5. The van der Waals surface area contributed by atoms with Crippen LogP contribution in [-0.2, 0) is 4.74 Å². The monoisotopic (exact) mass is 342 g/mol. The maximum Gasteiger partial charge on any atom is 0.357 e. The average Bonchev–Trinajstić information content (AvgIpc) is 2.93. The largest absolute Gasteiger partial charge is 0.504 e. The fraction of sp³-hybridized carbons (Fsp3) is 0.0625. The number of aromatic nitrogens is 2. The Morgan fingerprint density at radius 3 is 2.96 bits per heavy atom. The van der Waals surface area contributed by atoms with Crippen molar-refractivity contribution in [3.05, 3.63) is 46.9 Å². The lowest BCUT2D eigenvalue weighted by molar-refractivity contribution is 0.0593. The van der Waals surface area contributed by atoms with Crippen molar-refractivity contribution in [3.8, 4) is 17.5 Å². The molecule has 3 N–H and O–H groups in total. The number of halogens is 1. The minimum Gasteiger partial charge on any atom is -0.504 e. The Labute approximate surface area is 141 Å². The minimum atomic E-state index is -0.745. The highest BCUT2D eigenvalue weighted by Gasteiger charge is 2.24. The van der Waals surface area contributed by atoms with Crippen LogP contribution >= 0.6 is 11.6 Å². The number of esters is 1. The molecular weight excluding hydrogens is 332 g/mol. The van der Waals surface area contributed by atoms with Crippen LogP contribution in [0.3, 0.4) is 0 Å². The number of benzene rings is 1.